The molecule has 88 valence electrons. The highest BCUT2D eigenvalue weighted by Gasteiger charge is 2.08. The van der Waals surface area contributed by atoms with Crippen LogP contribution in [0.2, 0.25) is 0 Å². The summed E-state index contributed by atoms with van der Waals surface area (Å²) in [5.41, 5.74) is 6.81. The van der Waals surface area contributed by atoms with Gasteiger partial charge in [-0.3, -0.25) is 0 Å². The summed E-state index contributed by atoms with van der Waals surface area (Å²) in [6.45, 7) is 1.70. The highest BCUT2D eigenvalue weighted by atomic mass is 16.5. The third-order valence-corrected chi connectivity index (χ3v) is 2.33. The number of carboxylic acid groups (broad SMARTS) is 1. The zero-order chi connectivity index (χ0) is 12.0. The van der Waals surface area contributed by atoms with Crippen LogP contribution >= 0.6 is 0 Å². The molecule has 1 rings (SSSR count). The molecule has 1 atom stereocenters. The fourth-order valence-corrected chi connectivity index (χ4v) is 1.38. The molecule has 16 heavy (non-hydrogen) atoms. The van der Waals surface area contributed by atoms with E-state index in [0.29, 0.717) is 12.2 Å². The van der Waals surface area contributed by atoms with Crippen LogP contribution in [-0.4, -0.2) is 23.7 Å². The summed E-state index contributed by atoms with van der Waals surface area (Å²) in [4.78, 5) is 10.4. The number of hydrogen-bond acceptors (Lipinski definition) is 3. The molecular formula is C12H17NO3. The quantitative estimate of drug-likeness (QED) is 0.765. The van der Waals surface area contributed by atoms with Crippen LogP contribution in [0.4, 0.5) is 0 Å². The summed E-state index contributed by atoms with van der Waals surface area (Å²) in [7, 11) is 0. The van der Waals surface area contributed by atoms with Crippen LogP contribution in [-0.2, 0) is 11.2 Å². The van der Waals surface area contributed by atoms with Crippen LogP contribution in [0, 0.1) is 0 Å². The molecule has 0 aliphatic heterocycles. The lowest BCUT2D eigenvalue weighted by Gasteiger charge is -2.13. The van der Waals surface area contributed by atoms with Gasteiger partial charge in [0.2, 0.25) is 0 Å². The molecule has 4 nitrogen and oxygen atoms in total. The number of para-hydroxylation sites is 1. The molecule has 0 aliphatic rings. The smallest absolute Gasteiger partial charge is 0.341 e. The maximum Gasteiger partial charge on any atom is 0.341 e. The van der Waals surface area contributed by atoms with Gasteiger partial charge in [-0.2, -0.15) is 0 Å². The summed E-state index contributed by atoms with van der Waals surface area (Å²) >= 11 is 0. The first-order chi connectivity index (χ1) is 7.63. The summed E-state index contributed by atoms with van der Waals surface area (Å²) in [5.74, 6) is -0.372. The topological polar surface area (TPSA) is 72.5 Å². The number of ether oxygens (including phenoxy) is 1. The Labute approximate surface area is 95.0 Å². The molecule has 1 aromatic carbocycles. The third kappa shape index (κ3) is 3.90. The van der Waals surface area contributed by atoms with Gasteiger partial charge in [0.05, 0.1) is 0 Å². The van der Waals surface area contributed by atoms with E-state index in [-0.39, 0.29) is 12.6 Å². The van der Waals surface area contributed by atoms with Crippen LogP contribution in [0.3, 0.4) is 0 Å². The monoisotopic (exact) mass is 223 g/mol. The lowest BCUT2D eigenvalue weighted by atomic mass is 10.0. The van der Waals surface area contributed by atoms with Gasteiger partial charge in [-0.05, 0) is 24.5 Å². The van der Waals surface area contributed by atoms with Gasteiger partial charge in [-0.1, -0.05) is 25.1 Å². The average molecular weight is 223 g/mol. The normalized spacial score (nSPS) is 12.1. The Kier molecular flexibility index (Phi) is 4.79. The summed E-state index contributed by atoms with van der Waals surface area (Å²) in [6.07, 6.45) is 1.58. The molecule has 0 radical (unpaired) electrons. The fraction of sp³-hybridized carbons (Fsp3) is 0.417. The van der Waals surface area contributed by atoms with Crippen molar-refractivity contribution in [3.05, 3.63) is 29.8 Å². The minimum atomic E-state index is -0.977. The predicted octanol–water partition coefficient (Wildman–Crippen LogP) is 1.43. The van der Waals surface area contributed by atoms with Gasteiger partial charge in [-0.15, -0.1) is 0 Å². The van der Waals surface area contributed by atoms with Gasteiger partial charge < -0.3 is 15.6 Å². The van der Waals surface area contributed by atoms with Crippen molar-refractivity contribution in [2.45, 2.75) is 25.8 Å². The molecule has 3 N–H and O–H groups in total. The van der Waals surface area contributed by atoms with Crippen molar-refractivity contribution in [3.8, 4) is 5.75 Å². The lowest BCUT2D eigenvalue weighted by Crippen LogP contribution is -2.22. The summed E-state index contributed by atoms with van der Waals surface area (Å²) in [5, 5.41) is 8.54. The minimum Gasteiger partial charge on any atom is -0.482 e. The first-order valence-corrected chi connectivity index (χ1v) is 5.31. The van der Waals surface area contributed by atoms with E-state index >= 15 is 0 Å². The van der Waals surface area contributed by atoms with E-state index in [4.69, 9.17) is 15.6 Å². The van der Waals surface area contributed by atoms with E-state index in [1.807, 2.05) is 25.1 Å². The fourth-order valence-electron chi connectivity index (χ4n) is 1.38. The van der Waals surface area contributed by atoms with E-state index in [2.05, 4.69) is 0 Å². The first-order valence-electron chi connectivity index (χ1n) is 5.31. The highest BCUT2D eigenvalue weighted by Crippen LogP contribution is 2.19. The van der Waals surface area contributed by atoms with Crippen molar-refractivity contribution in [1.82, 2.24) is 0 Å². The minimum absolute atomic E-state index is 0.0783. The number of nitrogens with two attached hydrogens (primary N) is 1. The molecule has 0 aromatic heterocycles. The van der Waals surface area contributed by atoms with Gasteiger partial charge in [0.15, 0.2) is 6.61 Å². The third-order valence-electron chi connectivity index (χ3n) is 2.33. The Bertz CT molecular complexity index is 352. The molecular weight excluding hydrogens is 206 g/mol. The van der Waals surface area contributed by atoms with Crippen molar-refractivity contribution >= 4 is 5.97 Å². The van der Waals surface area contributed by atoms with Gasteiger partial charge in [0.1, 0.15) is 5.75 Å². The number of carboxylic acids is 1. The Morgan fingerprint density at radius 3 is 2.81 bits per heavy atom. The lowest BCUT2D eigenvalue weighted by molar-refractivity contribution is -0.139. The second-order valence-electron chi connectivity index (χ2n) is 3.66. The van der Waals surface area contributed by atoms with Gasteiger partial charge in [-0.25, -0.2) is 4.79 Å². The van der Waals surface area contributed by atoms with E-state index in [1.54, 1.807) is 6.07 Å². The first kappa shape index (κ1) is 12.5. The molecule has 0 bridgehead atoms. The Balaban J connectivity index is 2.71. The molecule has 1 aromatic rings. The van der Waals surface area contributed by atoms with E-state index in [1.165, 1.54) is 0 Å². The molecule has 0 spiro atoms. The SMILES string of the molecule is CCC(N)Cc1ccccc1OCC(=O)O. The predicted molar refractivity (Wildman–Crippen MR) is 61.5 cm³/mol. The van der Waals surface area contributed by atoms with E-state index < -0.39 is 5.97 Å². The van der Waals surface area contributed by atoms with Crippen molar-refractivity contribution in [2.75, 3.05) is 6.61 Å². The van der Waals surface area contributed by atoms with Crippen LogP contribution in [0.15, 0.2) is 24.3 Å². The van der Waals surface area contributed by atoms with Crippen LogP contribution in [0.25, 0.3) is 0 Å². The zero-order valence-electron chi connectivity index (χ0n) is 9.35. The number of hydrogen-bond donors (Lipinski definition) is 2. The largest absolute Gasteiger partial charge is 0.482 e. The highest BCUT2D eigenvalue weighted by molar-refractivity contribution is 5.68. The average Bonchev–Trinajstić information content (AvgIpc) is 2.27. The van der Waals surface area contributed by atoms with Crippen LogP contribution in [0.1, 0.15) is 18.9 Å². The van der Waals surface area contributed by atoms with Gasteiger partial charge in [0.25, 0.3) is 0 Å². The molecule has 0 fully saturated rings. The second kappa shape index (κ2) is 6.12. The number of carbonyl (C=O) groups is 1. The van der Waals surface area contributed by atoms with Crippen molar-refractivity contribution in [3.63, 3.8) is 0 Å². The maximum atomic E-state index is 10.4. The Hall–Kier alpha value is -1.55. The molecule has 0 saturated heterocycles. The maximum absolute atomic E-state index is 10.4. The summed E-state index contributed by atoms with van der Waals surface area (Å²) < 4.78 is 5.19. The van der Waals surface area contributed by atoms with E-state index in [0.717, 1.165) is 12.0 Å². The van der Waals surface area contributed by atoms with Crippen molar-refractivity contribution in [1.29, 1.82) is 0 Å². The Morgan fingerprint density at radius 2 is 2.19 bits per heavy atom. The number of aliphatic carboxylic acids is 1. The zero-order valence-corrected chi connectivity index (χ0v) is 9.35. The van der Waals surface area contributed by atoms with Crippen molar-refractivity contribution < 1.29 is 14.6 Å². The van der Waals surface area contributed by atoms with Crippen LogP contribution in [0.5, 0.6) is 5.75 Å². The Morgan fingerprint density at radius 1 is 1.50 bits per heavy atom. The summed E-state index contributed by atoms with van der Waals surface area (Å²) in [6, 6.07) is 7.46. The molecule has 1 unspecified atom stereocenters. The standard InChI is InChI=1S/C12H17NO3/c1-2-10(13)7-9-5-3-4-6-11(9)16-8-12(14)15/h3-6,10H,2,7-8,13H2,1H3,(H,14,15). The van der Waals surface area contributed by atoms with Gasteiger partial charge >= 0.3 is 5.97 Å². The molecule has 0 heterocycles. The molecule has 0 saturated carbocycles. The second-order valence-corrected chi connectivity index (χ2v) is 3.66. The van der Waals surface area contributed by atoms with Gasteiger partial charge in [0, 0.05) is 6.04 Å². The van der Waals surface area contributed by atoms with Crippen LogP contribution < -0.4 is 10.5 Å². The molecule has 4 heteroatoms. The van der Waals surface area contributed by atoms with Crippen molar-refractivity contribution in [2.24, 2.45) is 5.73 Å². The molecule has 0 amide bonds. The molecule has 0 aliphatic carbocycles. The number of benzene rings is 1. The number of rotatable bonds is 6. The van der Waals surface area contributed by atoms with E-state index in [9.17, 15) is 4.79 Å².